The van der Waals surface area contributed by atoms with Crippen molar-refractivity contribution in [2.75, 3.05) is 27.3 Å². The highest BCUT2D eigenvalue weighted by Crippen LogP contribution is 1.98. The number of hydrogen-bond donors (Lipinski definition) is 1. The summed E-state index contributed by atoms with van der Waals surface area (Å²) in [5.41, 5.74) is 1.18. The molecule has 0 aliphatic rings. The molecule has 0 spiro atoms. The lowest BCUT2D eigenvalue weighted by Gasteiger charge is -2.21. The minimum Gasteiger partial charge on any atom is -0.469 e. The number of carbonyl (C=O) groups is 2. The Labute approximate surface area is 125 Å². The maximum absolute atomic E-state index is 11.6. The molecule has 1 aromatic carbocycles. The molecule has 0 amide bonds. The number of ether oxygens (including phenoxy) is 2. The monoisotopic (exact) mass is 294 g/mol. The van der Waals surface area contributed by atoms with Crippen molar-refractivity contribution in [1.82, 2.24) is 0 Å². The van der Waals surface area contributed by atoms with Gasteiger partial charge in [-0.15, -0.1) is 0 Å². The van der Waals surface area contributed by atoms with Crippen LogP contribution in [0.25, 0.3) is 0 Å². The zero-order chi connectivity index (χ0) is 15.7. The summed E-state index contributed by atoms with van der Waals surface area (Å²) in [6.45, 7) is 3.86. The fourth-order valence-corrected chi connectivity index (χ4v) is 2.25. The van der Waals surface area contributed by atoms with Gasteiger partial charge in [-0.3, -0.25) is 9.59 Å². The molecule has 2 atom stereocenters. The third-order valence-electron chi connectivity index (χ3n) is 3.41. The van der Waals surface area contributed by atoms with Gasteiger partial charge in [-0.2, -0.15) is 0 Å². The first-order valence-electron chi connectivity index (χ1n) is 7.09. The number of hydrogen-bond acceptors (Lipinski definition) is 4. The van der Waals surface area contributed by atoms with Crippen LogP contribution in [0.4, 0.5) is 0 Å². The number of quaternary nitrogens is 1. The second-order valence-electron chi connectivity index (χ2n) is 5.12. The van der Waals surface area contributed by atoms with E-state index in [4.69, 9.17) is 4.74 Å². The minimum absolute atomic E-state index is 0.202. The lowest BCUT2D eigenvalue weighted by Crippen LogP contribution is -3.11. The van der Waals surface area contributed by atoms with Gasteiger partial charge in [0.25, 0.3) is 0 Å². The van der Waals surface area contributed by atoms with E-state index < -0.39 is 0 Å². The molecule has 0 aliphatic carbocycles. The maximum atomic E-state index is 11.6. The number of methoxy groups -OCH3 is 2. The lowest BCUT2D eigenvalue weighted by molar-refractivity contribution is -0.915. The van der Waals surface area contributed by atoms with Crippen LogP contribution in [-0.2, 0) is 25.6 Å². The van der Waals surface area contributed by atoms with Crippen molar-refractivity contribution in [3.05, 3.63) is 35.9 Å². The zero-order valence-corrected chi connectivity index (χ0v) is 12.9. The Hall–Kier alpha value is -1.88. The molecule has 1 aromatic rings. The van der Waals surface area contributed by atoms with Gasteiger partial charge < -0.3 is 14.4 Å². The van der Waals surface area contributed by atoms with E-state index in [0.29, 0.717) is 19.5 Å². The van der Waals surface area contributed by atoms with E-state index in [1.54, 1.807) is 0 Å². The molecule has 21 heavy (non-hydrogen) atoms. The summed E-state index contributed by atoms with van der Waals surface area (Å²) < 4.78 is 9.45. The predicted octanol–water partition coefficient (Wildman–Crippen LogP) is 0.444. The predicted molar refractivity (Wildman–Crippen MR) is 78.7 cm³/mol. The zero-order valence-electron chi connectivity index (χ0n) is 12.9. The van der Waals surface area contributed by atoms with E-state index in [2.05, 4.69) is 4.74 Å². The number of rotatable bonds is 8. The highest BCUT2D eigenvalue weighted by molar-refractivity contribution is 5.71. The number of nitrogens with one attached hydrogen (secondary N) is 1. The van der Waals surface area contributed by atoms with Crippen molar-refractivity contribution < 1.29 is 24.0 Å². The Balaban J connectivity index is 2.65. The molecule has 0 saturated heterocycles. The van der Waals surface area contributed by atoms with Crippen molar-refractivity contribution in [2.24, 2.45) is 5.92 Å². The normalized spacial score (nSPS) is 13.3. The Morgan fingerprint density at radius 3 is 2.38 bits per heavy atom. The molecule has 0 aromatic heterocycles. The summed E-state index contributed by atoms with van der Waals surface area (Å²) in [6, 6.07) is 10.0. The van der Waals surface area contributed by atoms with Crippen LogP contribution < -0.4 is 4.90 Å². The highest BCUT2D eigenvalue weighted by atomic mass is 16.5. The molecular weight excluding hydrogens is 270 g/mol. The number of esters is 2. The summed E-state index contributed by atoms with van der Waals surface area (Å²) in [7, 11) is 2.78. The third kappa shape index (κ3) is 6.40. The van der Waals surface area contributed by atoms with Crippen LogP contribution in [0.3, 0.4) is 0 Å². The lowest BCUT2D eigenvalue weighted by atomic mass is 10.1. The van der Waals surface area contributed by atoms with Crippen LogP contribution in [0.5, 0.6) is 0 Å². The van der Waals surface area contributed by atoms with Crippen LogP contribution in [0.15, 0.2) is 30.3 Å². The van der Waals surface area contributed by atoms with E-state index in [-0.39, 0.29) is 17.9 Å². The minimum atomic E-state index is -0.230. The van der Waals surface area contributed by atoms with Crippen LogP contribution in [0.1, 0.15) is 18.9 Å². The van der Waals surface area contributed by atoms with E-state index >= 15 is 0 Å². The van der Waals surface area contributed by atoms with Crippen LogP contribution in [-0.4, -0.2) is 39.2 Å². The molecule has 0 aliphatic heterocycles. The van der Waals surface area contributed by atoms with Gasteiger partial charge in [-0.25, -0.2) is 0 Å². The van der Waals surface area contributed by atoms with Crippen molar-refractivity contribution in [3.8, 4) is 0 Å². The molecule has 0 fully saturated rings. The second kappa shape index (κ2) is 9.13. The second-order valence-corrected chi connectivity index (χ2v) is 5.12. The topological polar surface area (TPSA) is 57.0 Å². The standard InChI is InChI=1S/C16H23NO4/c1-13(16(19)21-3)11-17(10-9-15(18)20-2)12-14-7-5-4-6-8-14/h4-8,13H,9-12H2,1-3H3/p+1/t13-/m0/s1. The van der Waals surface area contributed by atoms with E-state index in [0.717, 1.165) is 11.4 Å². The van der Waals surface area contributed by atoms with Gasteiger partial charge in [0.2, 0.25) is 0 Å². The summed E-state index contributed by atoms with van der Waals surface area (Å²) in [5.74, 6) is -0.656. The van der Waals surface area contributed by atoms with Gasteiger partial charge in [0, 0.05) is 5.56 Å². The molecule has 0 heterocycles. The molecule has 5 nitrogen and oxygen atoms in total. The Morgan fingerprint density at radius 2 is 1.81 bits per heavy atom. The molecule has 0 saturated carbocycles. The average molecular weight is 294 g/mol. The molecule has 0 bridgehead atoms. The number of carbonyl (C=O) groups excluding carboxylic acids is 2. The van der Waals surface area contributed by atoms with Gasteiger partial charge in [-0.05, 0) is 6.92 Å². The van der Waals surface area contributed by atoms with Crippen molar-refractivity contribution in [2.45, 2.75) is 19.9 Å². The Morgan fingerprint density at radius 1 is 1.14 bits per heavy atom. The first kappa shape index (κ1) is 17.2. The van der Waals surface area contributed by atoms with Gasteiger partial charge >= 0.3 is 11.9 Å². The van der Waals surface area contributed by atoms with Gasteiger partial charge in [0.15, 0.2) is 0 Å². The smallest absolute Gasteiger partial charge is 0.314 e. The first-order valence-corrected chi connectivity index (χ1v) is 7.09. The van der Waals surface area contributed by atoms with Gasteiger partial charge in [-0.1, -0.05) is 30.3 Å². The summed E-state index contributed by atoms with van der Waals surface area (Å²) >= 11 is 0. The molecule has 1 rings (SSSR count). The molecule has 0 radical (unpaired) electrons. The number of benzene rings is 1. The molecule has 116 valence electrons. The van der Waals surface area contributed by atoms with Crippen LogP contribution in [0.2, 0.25) is 0 Å². The molecule has 1 N–H and O–H groups in total. The average Bonchev–Trinajstić information content (AvgIpc) is 2.52. The molecule has 5 heteroatoms. The third-order valence-corrected chi connectivity index (χ3v) is 3.41. The van der Waals surface area contributed by atoms with Crippen molar-refractivity contribution in [3.63, 3.8) is 0 Å². The van der Waals surface area contributed by atoms with Crippen molar-refractivity contribution in [1.29, 1.82) is 0 Å². The summed E-state index contributed by atoms with van der Waals surface area (Å²) in [6.07, 6.45) is 0.340. The Bertz CT molecular complexity index is 447. The molecule has 1 unspecified atom stereocenters. The van der Waals surface area contributed by atoms with E-state index in [9.17, 15) is 9.59 Å². The highest BCUT2D eigenvalue weighted by Gasteiger charge is 2.21. The van der Waals surface area contributed by atoms with E-state index in [1.807, 2.05) is 37.3 Å². The largest absolute Gasteiger partial charge is 0.469 e. The maximum Gasteiger partial charge on any atom is 0.314 e. The Kier molecular flexibility index (Phi) is 7.46. The summed E-state index contributed by atoms with van der Waals surface area (Å²) in [5, 5.41) is 0. The fourth-order valence-electron chi connectivity index (χ4n) is 2.25. The van der Waals surface area contributed by atoms with Crippen LogP contribution >= 0.6 is 0 Å². The summed E-state index contributed by atoms with van der Waals surface area (Å²) in [4.78, 5) is 24.0. The van der Waals surface area contributed by atoms with Gasteiger partial charge in [0.05, 0.1) is 33.7 Å². The van der Waals surface area contributed by atoms with Gasteiger partial charge in [0.1, 0.15) is 12.5 Å². The van der Waals surface area contributed by atoms with Crippen LogP contribution in [0, 0.1) is 5.92 Å². The molecular formula is C16H24NO4+. The first-order chi connectivity index (χ1) is 10.1. The fraction of sp³-hybridized carbons (Fsp3) is 0.500. The van der Waals surface area contributed by atoms with E-state index in [1.165, 1.54) is 19.8 Å². The SMILES string of the molecule is COC(=O)CC[NH+](Cc1ccccc1)C[C@H](C)C(=O)OC. The quantitative estimate of drug-likeness (QED) is 0.707. The van der Waals surface area contributed by atoms with Crippen molar-refractivity contribution >= 4 is 11.9 Å².